The Labute approximate surface area is 150 Å². The normalized spacial score (nSPS) is 11.2. The molecular formula is C20H18N2O4. The molecule has 0 radical (unpaired) electrons. The largest absolute Gasteiger partial charge is 0.507 e. The summed E-state index contributed by atoms with van der Waals surface area (Å²) in [5, 5.41) is 23.4. The molecule has 0 bridgehead atoms. The zero-order valence-corrected chi connectivity index (χ0v) is 14.4. The summed E-state index contributed by atoms with van der Waals surface area (Å²) in [5.41, 5.74) is 1.89. The Morgan fingerprint density at radius 1 is 1.12 bits per heavy atom. The van der Waals surface area contributed by atoms with Gasteiger partial charge >= 0.3 is 0 Å². The van der Waals surface area contributed by atoms with E-state index in [-0.39, 0.29) is 23.0 Å². The highest BCUT2D eigenvalue weighted by molar-refractivity contribution is 6.07. The number of fused-ring (bicyclic) bond motifs is 1. The molecule has 1 amide bonds. The van der Waals surface area contributed by atoms with Crippen molar-refractivity contribution in [3.05, 3.63) is 65.9 Å². The van der Waals surface area contributed by atoms with E-state index in [9.17, 15) is 19.8 Å². The van der Waals surface area contributed by atoms with Crippen LogP contribution >= 0.6 is 0 Å². The summed E-state index contributed by atoms with van der Waals surface area (Å²) in [5.74, 6) is -1.35. The van der Waals surface area contributed by atoms with E-state index in [1.807, 2.05) is 6.92 Å². The molecule has 3 N–H and O–H groups in total. The van der Waals surface area contributed by atoms with Gasteiger partial charge in [0.25, 0.3) is 5.91 Å². The molecule has 0 saturated carbocycles. The summed E-state index contributed by atoms with van der Waals surface area (Å²) in [6, 6.07) is 9.34. The number of aryl methyl sites for hydroxylation is 1. The van der Waals surface area contributed by atoms with E-state index in [0.717, 1.165) is 10.9 Å². The molecule has 1 heterocycles. The zero-order valence-electron chi connectivity index (χ0n) is 14.4. The maximum Gasteiger partial charge on any atom is 0.269 e. The fraction of sp³-hybridized carbons (Fsp3) is 0.100. The molecule has 0 aliphatic heterocycles. The van der Waals surface area contributed by atoms with Gasteiger partial charge in [-0.25, -0.2) is 0 Å². The number of aromatic nitrogens is 1. The highest BCUT2D eigenvalue weighted by Gasteiger charge is 2.20. The number of hydrogen-bond donors (Lipinski definition) is 3. The van der Waals surface area contributed by atoms with Crippen LogP contribution in [0.25, 0.3) is 10.9 Å². The predicted molar refractivity (Wildman–Crippen MR) is 99.6 cm³/mol. The lowest BCUT2D eigenvalue weighted by Crippen LogP contribution is -2.11. The number of carbonyl (C=O) groups excluding carboxylic acids is 2. The predicted octanol–water partition coefficient (Wildman–Crippen LogP) is 3.56. The van der Waals surface area contributed by atoms with Crippen LogP contribution in [0.2, 0.25) is 0 Å². The molecule has 0 atom stereocenters. The molecule has 132 valence electrons. The molecule has 0 unspecified atom stereocenters. The van der Waals surface area contributed by atoms with Gasteiger partial charge in [-0.3, -0.25) is 14.2 Å². The smallest absolute Gasteiger partial charge is 0.269 e. The van der Waals surface area contributed by atoms with Crippen molar-refractivity contribution in [3.63, 3.8) is 0 Å². The van der Waals surface area contributed by atoms with Gasteiger partial charge < -0.3 is 15.5 Å². The van der Waals surface area contributed by atoms with Crippen molar-refractivity contribution in [1.29, 1.82) is 0 Å². The average molecular weight is 350 g/mol. The van der Waals surface area contributed by atoms with Gasteiger partial charge in [0, 0.05) is 17.3 Å². The summed E-state index contributed by atoms with van der Waals surface area (Å²) in [6.07, 6.45) is 4.70. The number of rotatable bonds is 3. The minimum atomic E-state index is -0.538. The van der Waals surface area contributed by atoms with Crippen LogP contribution in [0.3, 0.4) is 0 Å². The number of hydrogen-bond acceptors (Lipinski definition) is 4. The minimum Gasteiger partial charge on any atom is -0.507 e. The molecular weight excluding hydrogens is 332 g/mol. The van der Waals surface area contributed by atoms with Gasteiger partial charge in [0.2, 0.25) is 5.91 Å². The summed E-state index contributed by atoms with van der Waals surface area (Å²) < 4.78 is 1.37. The van der Waals surface area contributed by atoms with Crippen LogP contribution in [0.1, 0.15) is 22.8 Å². The molecule has 1 aromatic heterocycles. The average Bonchev–Trinajstić information content (AvgIpc) is 2.91. The maximum atomic E-state index is 12.8. The number of anilines is 1. The van der Waals surface area contributed by atoms with E-state index in [0.29, 0.717) is 11.2 Å². The van der Waals surface area contributed by atoms with E-state index < -0.39 is 5.91 Å². The van der Waals surface area contributed by atoms with Crippen molar-refractivity contribution in [2.24, 2.45) is 0 Å². The molecule has 26 heavy (non-hydrogen) atoms. The Balaban J connectivity index is 2.06. The fourth-order valence-electron chi connectivity index (χ4n) is 2.84. The Kier molecular flexibility index (Phi) is 4.49. The molecule has 0 spiro atoms. The topological polar surface area (TPSA) is 91.6 Å². The molecule has 3 aromatic rings. The highest BCUT2D eigenvalue weighted by atomic mass is 16.3. The third kappa shape index (κ3) is 3.04. The molecule has 3 rings (SSSR count). The van der Waals surface area contributed by atoms with Crippen molar-refractivity contribution < 1.29 is 19.8 Å². The van der Waals surface area contributed by atoms with Crippen LogP contribution in [-0.4, -0.2) is 26.6 Å². The number of nitrogens with zero attached hydrogens (tertiary/aromatic N) is 1. The molecule has 0 fully saturated rings. The van der Waals surface area contributed by atoms with Crippen LogP contribution in [-0.2, 0) is 4.79 Å². The summed E-state index contributed by atoms with van der Waals surface area (Å²) in [4.78, 5) is 24.5. The monoisotopic (exact) mass is 350 g/mol. The standard InChI is InChI=1S/C20H18N2O4/c1-3-5-18(25)21-13-8-9-15-14(10-13)12(2)11-22(15)20(26)19-16(23)6-4-7-17(19)24/h3-11,23-24H,1-2H3,(H,21,25)/b5-3+. The number of amides is 1. The van der Waals surface area contributed by atoms with E-state index in [1.165, 1.54) is 28.8 Å². The van der Waals surface area contributed by atoms with Crippen molar-refractivity contribution >= 4 is 28.4 Å². The SMILES string of the molecule is C/C=C/C(=O)Nc1ccc2c(c1)c(C)cn2C(=O)c1c(O)cccc1O. The summed E-state index contributed by atoms with van der Waals surface area (Å²) in [7, 11) is 0. The van der Waals surface area contributed by atoms with Crippen LogP contribution in [0.15, 0.2) is 54.7 Å². The molecule has 6 heteroatoms. The van der Waals surface area contributed by atoms with Crippen molar-refractivity contribution in [1.82, 2.24) is 4.57 Å². The van der Waals surface area contributed by atoms with Crippen LogP contribution in [0.5, 0.6) is 11.5 Å². The Morgan fingerprint density at radius 2 is 1.81 bits per heavy atom. The molecule has 2 aromatic carbocycles. The van der Waals surface area contributed by atoms with Gasteiger partial charge in [-0.2, -0.15) is 0 Å². The third-order valence-electron chi connectivity index (χ3n) is 4.04. The number of nitrogens with one attached hydrogen (secondary N) is 1. The van der Waals surface area contributed by atoms with E-state index in [4.69, 9.17) is 0 Å². The Hall–Kier alpha value is -3.54. The number of phenols is 2. The fourth-order valence-corrected chi connectivity index (χ4v) is 2.84. The van der Waals surface area contributed by atoms with Crippen LogP contribution in [0, 0.1) is 6.92 Å². The lowest BCUT2D eigenvalue weighted by molar-refractivity contribution is -0.111. The molecule has 6 nitrogen and oxygen atoms in total. The first-order chi connectivity index (χ1) is 12.4. The van der Waals surface area contributed by atoms with Gasteiger partial charge in [-0.05, 0) is 55.8 Å². The first-order valence-electron chi connectivity index (χ1n) is 8.03. The molecule has 0 aliphatic rings. The van der Waals surface area contributed by atoms with Crippen molar-refractivity contribution in [3.8, 4) is 11.5 Å². The highest BCUT2D eigenvalue weighted by Crippen LogP contribution is 2.30. The number of benzene rings is 2. The van der Waals surface area contributed by atoms with E-state index >= 15 is 0 Å². The van der Waals surface area contributed by atoms with Gasteiger partial charge in [0.1, 0.15) is 17.1 Å². The third-order valence-corrected chi connectivity index (χ3v) is 4.04. The first-order valence-corrected chi connectivity index (χ1v) is 8.03. The van der Waals surface area contributed by atoms with Gasteiger partial charge in [0.05, 0.1) is 5.52 Å². The Bertz CT molecular complexity index is 1030. The molecule has 0 aliphatic carbocycles. The van der Waals surface area contributed by atoms with Crippen LogP contribution in [0.4, 0.5) is 5.69 Å². The molecule has 0 saturated heterocycles. The van der Waals surface area contributed by atoms with Crippen molar-refractivity contribution in [2.45, 2.75) is 13.8 Å². The second kappa shape index (κ2) is 6.76. The van der Waals surface area contributed by atoms with Gasteiger partial charge in [0.15, 0.2) is 0 Å². The minimum absolute atomic E-state index is 0.158. The van der Waals surface area contributed by atoms with Crippen molar-refractivity contribution in [2.75, 3.05) is 5.32 Å². The van der Waals surface area contributed by atoms with E-state index in [2.05, 4.69) is 5.32 Å². The number of allylic oxidation sites excluding steroid dienone is 1. The number of aromatic hydroxyl groups is 2. The lowest BCUT2D eigenvalue weighted by Gasteiger charge is -2.08. The summed E-state index contributed by atoms with van der Waals surface area (Å²) >= 11 is 0. The number of phenolic OH excluding ortho intramolecular Hbond substituents is 2. The maximum absolute atomic E-state index is 12.8. The zero-order chi connectivity index (χ0) is 18.8. The number of carbonyl (C=O) groups is 2. The second-order valence-corrected chi connectivity index (χ2v) is 5.88. The quantitative estimate of drug-likeness (QED) is 0.630. The van der Waals surface area contributed by atoms with Gasteiger partial charge in [-0.1, -0.05) is 12.1 Å². The lowest BCUT2D eigenvalue weighted by atomic mass is 10.1. The summed E-state index contributed by atoms with van der Waals surface area (Å²) in [6.45, 7) is 3.60. The van der Waals surface area contributed by atoms with Crippen LogP contribution < -0.4 is 5.32 Å². The van der Waals surface area contributed by atoms with Gasteiger partial charge in [-0.15, -0.1) is 0 Å². The Morgan fingerprint density at radius 3 is 2.46 bits per heavy atom. The second-order valence-electron chi connectivity index (χ2n) is 5.88. The van der Waals surface area contributed by atoms with E-state index in [1.54, 1.807) is 37.4 Å². The first kappa shape index (κ1) is 17.3.